The molecule has 1 aromatic rings. The molecular formula is C15H24N2O. The summed E-state index contributed by atoms with van der Waals surface area (Å²) in [5, 5.41) is 3.38. The number of amides is 1. The molecule has 0 aliphatic carbocycles. The average molecular weight is 248 g/mol. The summed E-state index contributed by atoms with van der Waals surface area (Å²) in [6.45, 7) is 6.27. The van der Waals surface area contributed by atoms with Gasteiger partial charge in [-0.1, -0.05) is 37.6 Å². The second-order valence-electron chi connectivity index (χ2n) is 4.95. The number of primary amides is 1. The average Bonchev–Trinajstić information content (AvgIpc) is 2.29. The number of benzene rings is 1. The minimum absolute atomic E-state index is 0.104. The van der Waals surface area contributed by atoms with Crippen molar-refractivity contribution >= 4 is 5.91 Å². The third-order valence-electron chi connectivity index (χ3n) is 3.06. The number of aryl methyl sites for hydroxylation is 1. The number of hydrogen-bond acceptors (Lipinski definition) is 2. The van der Waals surface area contributed by atoms with Crippen LogP contribution in [-0.2, 0) is 11.2 Å². The van der Waals surface area contributed by atoms with Crippen LogP contribution in [0.5, 0.6) is 0 Å². The van der Waals surface area contributed by atoms with Crippen molar-refractivity contribution in [2.45, 2.75) is 52.1 Å². The van der Waals surface area contributed by atoms with E-state index < -0.39 is 0 Å². The molecule has 3 N–H and O–H groups in total. The van der Waals surface area contributed by atoms with Gasteiger partial charge in [0.1, 0.15) is 0 Å². The van der Waals surface area contributed by atoms with Crippen molar-refractivity contribution in [1.29, 1.82) is 0 Å². The van der Waals surface area contributed by atoms with Gasteiger partial charge < -0.3 is 11.1 Å². The van der Waals surface area contributed by atoms with Crippen molar-refractivity contribution < 1.29 is 4.79 Å². The van der Waals surface area contributed by atoms with Crippen LogP contribution < -0.4 is 11.1 Å². The topological polar surface area (TPSA) is 55.1 Å². The van der Waals surface area contributed by atoms with Gasteiger partial charge in [-0.05, 0) is 31.4 Å². The summed E-state index contributed by atoms with van der Waals surface area (Å²) in [6.07, 6.45) is 2.67. The van der Waals surface area contributed by atoms with Crippen LogP contribution in [0.1, 0.15) is 50.8 Å². The number of carbonyl (C=O) groups is 1. The summed E-state index contributed by atoms with van der Waals surface area (Å²) in [4.78, 5) is 10.8. The number of rotatable bonds is 7. The normalized spacial score (nSPS) is 14.2. The van der Waals surface area contributed by atoms with E-state index in [0.717, 1.165) is 6.42 Å². The lowest BCUT2D eigenvalue weighted by atomic mass is 10.0. The lowest BCUT2D eigenvalue weighted by Gasteiger charge is -2.19. The molecule has 2 unspecified atom stereocenters. The summed E-state index contributed by atoms with van der Waals surface area (Å²) in [5.74, 6) is -0.263. The number of hydrogen-bond donors (Lipinski definition) is 2. The molecule has 0 aromatic heterocycles. The van der Waals surface area contributed by atoms with E-state index in [0.29, 0.717) is 6.42 Å². The largest absolute Gasteiger partial charge is 0.370 e. The number of nitrogens with one attached hydrogen (secondary N) is 1. The molecule has 1 amide bonds. The first-order chi connectivity index (χ1) is 8.52. The Morgan fingerprint density at radius 3 is 2.39 bits per heavy atom. The predicted molar refractivity (Wildman–Crippen MR) is 75.3 cm³/mol. The maximum atomic E-state index is 10.8. The predicted octanol–water partition coefficient (Wildman–Crippen LogP) is 2.55. The van der Waals surface area contributed by atoms with E-state index in [1.807, 2.05) is 6.92 Å². The highest BCUT2D eigenvalue weighted by Crippen LogP contribution is 2.15. The molecule has 0 spiro atoms. The number of nitrogens with two attached hydrogens (primary N) is 1. The summed E-state index contributed by atoms with van der Waals surface area (Å²) in [6, 6.07) is 8.99. The van der Waals surface area contributed by atoms with Crippen molar-refractivity contribution in [2.24, 2.45) is 5.73 Å². The fourth-order valence-electron chi connectivity index (χ4n) is 2.15. The van der Waals surface area contributed by atoms with Crippen molar-refractivity contribution in [3.05, 3.63) is 35.4 Å². The number of carbonyl (C=O) groups excluding carboxylic acids is 1. The van der Waals surface area contributed by atoms with Gasteiger partial charge in [0.2, 0.25) is 5.91 Å². The van der Waals surface area contributed by atoms with Gasteiger partial charge in [-0.15, -0.1) is 0 Å². The second kappa shape index (κ2) is 7.17. The molecule has 2 atom stereocenters. The van der Waals surface area contributed by atoms with Crippen LogP contribution in [0, 0.1) is 0 Å². The molecule has 0 radical (unpaired) electrons. The first kappa shape index (κ1) is 14.7. The van der Waals surface area contributed by atoms with Crippen LogP contribution in [0.25, 0.3) is 0 Å². The third kappa shape index (κ3) is 4.88. The second-order valence-corrected chi connectivity index (χ2v) is 4.95. The molecular weight excluding hydrogens is 224 g/mol. The maximum absolute atomic E-state index is 10.8. The molecule has 0 aliphatic heterocycles. The highest BCUT2D eigenvalue weighted by molar-refractivity contribution is 5.74. The Morgan fingerprint density at radius 2 is 1.89 bits per heavy atom. The molecule has 100 valence electrons. The molecule has 0 aliphatic rings. The Balaban J connectivity index is 2.55. The standard InChI is InChI=1S/C15H24N2O/c1-4-5-13-6-8-14(9-7-13)12(3)17-11(2)10-15(16)18/h6-9,11-12,17H,4-5,10H2,1-3H3,(H2,16,18). The van der Waals surface area contributed by atoms with E-state index in [1.54, 1.807) is 0 Å². The summed E-state index contributed by atoms with van der Waals surface area (Å²) in [5.41, 5.74) is 7.80. The van der Waals surface area contributed by atoms with Gasteiger partial charge in [0, 0.05) is 18.5 Å². The zero-order valence-electron chi connectivity index (χ0n) is 11.6. The highest BCUT2D eigenvalue weighted by atomic mass is 16.1. The zero-order valence-corrected chi connectivity index (χ0v) is 11.6. The van der Waals surface area contributed by atoms with Crippen molar-refractivity contribution in [2.75, 3.05) is 0 Å². The molecule has 18 heavy (non-hydrogen) atoms. The van der Waals surface area contributed by atoms with E-state index in [9.17, 15) is 4.79 Å². The van der Waals surface area contributed by atoms with E-state index in [2.05, 4.69) is 43.4 Å². The molecule has 0 heterocycles. The van der Waals surface area contributed by atoms with Gasteiger partial charge in [0.25, 0.3) is 0 Å². The Bertz CT molecular complexity index is 373. The van der Waals surface area contributed by atoms with E-state index in [-0.39, 0.29) is 18.0 Å². The van der Waals surface area contributed by atoms with Crippen molar-refractivity contribution in [1.82, 2.24) is 5.32 Å². The van der Waals surface area contributed by atoms with E-state index in [1.165, 1.54) is 17.5 Å². The monoisotopic (exact) mass is 248 g/mol. The van der Waals surface area contributed by atoms with Crippen LogP contribution >= 0.6 is 0 Å². The highest BCUT2D eigenvalue weighted by Gasteiger charge is 2.11. The smallest absolute Gasteiger partial charge is 0.218 e. The van der Waals surface area contributed by atoms with Gasteiger partial charge in [-0.3, -0.25) is 4.79 Å². The molecule has 0 fully saturated rings. The quantitative estimate of drug-likeness (QED) is 0.779. The molecule has 3 heteroatoms. The van der Waals surface area contributed by atoms with E-state index >= 15 is 0 Å². The molecule has 0 saturated heterocycles. The van der Waals surface area contributed by atoms with Crippen LogP contribution in [-0.4, -0.2) is 11.9 Å². The van der Waals surface area contributed by atoms with Gasteiger partial charge in [-0.25, -0.2) is 0 Å². The maximum Gasteiger partial charge on any atom is 0.218 e. The molecule has 3 nitrogen and oxygen atoms in total. The Labute approximate surface area is 110 Å². The van der Waals surface area contributed by atoms with Crippen LogP contribution in [0.2, 0.25) is 0 Å². The fourth-order valence-corrected chi connectivity index (χ4v) is 2.15. The lowest BCUT2D eigenvalue weighted by Crippen LogP contribution is -2.32. The first-order valence-corrected chi connectivity index (χ1v) is 6.66. The molecule has 1 rings (SSSR count). The van der Waals surface area contributed by atoms with Crippen molar-refractivity contribution in [3.8, 4) is 0 Å². The molecule has 1 aromatic carbocycles. The van der Waals surface area contributed by atoms with Gasteiger partial charge in [-0.2, -0.15) is 0 Å². The van der Waals surface area contributed by atoms with Crippen LogP contribution in [0.4, 0.5) is 0 Å². The van der Waals surface area contributed by atoms with Gasteiger partial charge >= 0.3 is 0 Å². The Hall–Kier alpha value is -1.35. The fraction of sp³-hybridized carbons (Fsp3) is 0.533. The first-order valence-electron chi connectivity index (χ1n) is 6.66. The van der Waals surface area contributed by atoms with Crippen LogP contribution in [0.15, 0.2) is 24.3 Å². The van der Waals surface area contributed by atoms with Gasteiger partial charge in [0.05, 0.1) is 0 Å². The van der Waals surface area contributed by atoms with E-state index in [4.69, 9.17) is 5.73 Å². The molecule has 0 bridgehead atoms. The SMILES string of the molecule is CCCc1ccc(C(C)NC(C)CC(N)=O)cc1. The minimum Gasteiger partial charge on any atom is -0.370 e. The van der Waals surface area contributed by atoms with Gasteiger partial charge in [0.15, 0.2) is 0 Å². The Morgan fingerprint density at radius 1 is 1.28 bits per heavy atom. The minimum atomic E-state index is -0.263. The Kier molecular flexibility index (Phi) is 5.86. The third-order valence-corrected chi connectivity index (χ3v) is 3.06. The summed E-state index contributed by atoms with van der Waals surface area (Å²) in [7, 11) is 0. The lowest BCUT2D eigenvalue weighted by molar-refractivity contribution is -0.118. The van der Waals surface area contributed by atoms with Crippen molar-refractivity contribution in [3.63, 3.8) is 0 Å². The van der Waals surface area contributed by atoms with Crippen LogP contribution in [0.3, 0.4) is 0 Å². The zero-order chi connectivity index (χ0) is 13.5. The summed E-state index contributed by atoms with van der Waals surface area (Å²) >= 11 is 0. The molecule has 0 saturated carbocycles. The summed E-state index contributed by atoms with van der Waals surface area (Å²) < 4.78 is 0.